The minimum absolute atomic E-state index is 0.265. The molecule has 0 saturated carbocycles. The van der Waals surface area contributed by atoms with Crippen LogP contribution in [0.1, 0.15) is 40.4 Å². The van der Waals surface area contributed by atoms with Crippen molar-refractivity contribution in [3.8, 4) is 17.2 Å². The van der Waals surface area contributed by atoms with Crippen LogP contribution >= 0.6 is 0 Å². The molecule has 6 heteroatoms. The molecule has 0 bridgehead atoms. The van der Waals surface area contributed by atoms with Crippen molar-refractivity contribution in [2.45, 2.75) is 25.0 Å². The number of imidazole rings is 1. The lowest BCUT2D eigenvalue weighted by Crippen LogP contribution is -2.24. The van der Waals surface area contributed by atoms with Crippen LogP contribution < -0.4 is 0 Å². The van der Waals surface area contributed by atoms with Gasteiger partial charge < -0.3 is 9.67 Å². The first-order valence-electron chi connectivity index (χ1n) is 9.96. The summed E-state index contributed by atoms with van der Waals surface area (Å²) < 4.78 is 16.6. The number of rotatable bonds is 3. The zero-order valence-corrected chi connectivity index (χ0v) is 16.8. The zero-order chi connectivity index (χ0) is 21.6. The third-order valence-electron chi connectivity index (χ3n) is 5.97. The summed E-state index contributed by atoms with van der Waals surface area (Å²) in [6, 6.07) is 15.7. The van der Waals surface area contributed by atoms with Crippen LogP contribution in [0.15, 0.2) is 73.4 Å². The van der Waals surface area contributed by atoms with E-state index in [0.29, 0.717) is 11.3 Å². The molecule has 1 N–H and O–H groups in total. The van der Waals surface area contributed by atoms with Crippen molar-refractivity contribution in [1.82, 2.24) is 14.5 Å². The van der Waals surface area contributed by atoms with E-state index in [1.165, 1.54) is 6.07 Å². The van der Waals surface area contributed by atoms with Crippen LogP contribution in [-0.4, -0.2) is 19.6 Å². The fraction of sp³-hybridized carbons (Fsp3) is 0.160. The van der Waals surface area contributed by atoms with E-state index in [4.69, 9.17) is 5.26 Å². The zero-order valence-electron chi connectivity index (χ0n) is 16.8. The Labute approximate surface area is 179 Å². The number of hydrogen-bond donors (Lipinski definition) is 1. The van der Waals surface area contributed by atoms with E-state index >= 15 is 0 Å². The standard InChI is InChI=1S/C25H19FN4O/c1-16-8-19(13-28-12-16)18-3-5-20(6-4-18)25(31)10-23(30-15-29-14-24(25)30)21-7-2-17(11-27)9-22(21)26/h2-9,12-15,23,31H,10H2,1H3/t23-,25+/m1/s1. The molecule has 0 aliphatic carbocycles. The maximum atomic E-state index is 14.7. The summed E-state index contributed by atoms with van der Waals surface area (Å²) in [5.41, 5.74) is 3.81. The van der Waals surface area contributed by atoms with Gasteiger partial charge in [-0.2, -0.15) is 5.26 Å². The molecule has 0 amide bonds. The highest BCUT2D eigenvalue weighted by Crippen LogP contribution is 2.47. The van der Waals surface area contributed by atoms with Gasteiger partial charge in [-0.15, -0.1) is 0 Å². The Bertz CT molecular complexity index is 1320. The number of fused-ring (bicyclic) bond motifs is 1. The molecule has 31 heavy (non-hydrogen) atoms. The quantitative estimate of drug-likeness (QED) is 0.540. The van der Waals surface area contributed by atoms with Gasteiger partial charge in [-0.05, 0) is 41.8 Å². The van der Waals surface area contributed by atoms with Crippen LogP contribution in [-0.2, 0) is 5.60 Å². The van der Waals surface area contributed by atoms with Gasteiger partial charge in [0.25, 0.3) is 0 Å². The molecule has 1 aliphatic rings. The van der Waals surface area contributed by atoms with Crippen molar-refractivity contribution in [3.05, 3.63) is 107 Å². The maximum absolute atomic E-state index is 14.7. The lowest BCUT2D eigenvalue weighted by molar-refractivity contribution is 0.0792. The second kappa shape index (κ2) is 7.15. The molecule has 4 aromatic rings. The summed E-state index contributed by atoms with van der Waals surface area (Å²) in [5, 5.41) is 20.7. The molecule has 3 heterocycles. The van der Waals surface area contributed by atoms with E-state index in [0.717, 1.165) is 22.3 Å². The number of benzene rings is 2. The lowest BCUT2D eigenvalue weighted by Gasteiger charge is -2.23. The summed E-state index contributed by atoms with van der Waals surface area (Å²) in [6.45, 7) is 2.00. The Morgan fingerprint density at radius 3 is 2.58 bits per heavy atom. The van der Waals surface area contributed by atoms with Crippen LogP contribution in [0.4, 0.5) is 4.39 Å². The van der Waals surface area contributed by atoms with Gasteiger partial charge in [0.2, 0.25) is 0 Å². The van der Waals surface area contributed by atoms with Crippen molar-refractivity contribution in [1.29, 1.82) is 5.26 Å². The second-order valence-corrected chi connectivity index (χ2v) is 7.94. The number of pyridine rings is 1. The Kier molecular flexibility index (Phi) is 4.42. The van der Waals surface area contributed by atoms with Gasteiger partial charge in [-0.1, -0.05) is 30.3 Å². The average molecular weight is 410 g/mol. The van der Waals surface area contributed by atoms with Crippen molar-refractivity contribution in [2.24, 2.45) is 0 Å². The van der Waals surface area contributed by atoms with Crippen molar-refractivity contribution in [3.63, 3.8) is 0 Å². The molecular formula is C25H19FN4O. The third kappa shape index (κ3) is 3.11. The van der Waals surface area contributed by atoms with E-state index < -0.39 is 17.5 Å². The lowest BCUT2D eigenvalue weighted by atomic mass is 9.86. The first-order chi connectivity index (χ1) is 15.0. The number of hydrogen-bond acceptors (Lipinski definition) is 4. The molecule has 0 saturated heterocycles. The van der Waals surface area contributed by atoms with E-state index in [9.17, 15) is 9.50 Å². The molecule has 0 radical (unpaired) electrons. The molecule has 0 spiro atoms. The topological polar surface area (TPSA) is 74.7 Å². The second-order valence-electron chi connectivity index (χ2n) is 7.94. The monoisotopic (exact) mass is 410 g/mol. The highest BCUT2D eigenvalue weighted by Gasteiger charge is 2.45. The molecule has 2 atom stereocenters. The van der Waals surface area contributed by atoms with Gasteiger partial charge in [0, 0.05) is 29.9 Å². The number of aromatic nitrogens is 3. The van der Waals surface area contributed by atoms with Gasteiger partial charge in [-0.25, -0.2) is 9.37 Å². The molecule has 1 aliphatic heterocycles. The Hall–Kier alpha value is -3.82. The first-order valence-corrected chi connectivity index (χ1v) is 9.96. The largest absolute Gasteiger partial charge is 0.379 e. The highest BCUT2D eigenvalue weighted by molar-refractivity contribution is 5.63. The summed E-state index contributed by atoms with van der Waals surface area (Å²) in [4.78, 5) is 8.44. The number of nitrogens with zero attached hydrogens (tertiary/aromatic N) is 4. The maximum Gasteiger partial charge on any atom is 0.133 e. The smallest absolute Gasteiger partial charge is 0.133 e. The first kappa shape index (κ1) is 19.2. The molecule has 5 nitrogen and oxygen atoms in total. The van der Waals surface area contributed by atoms with Crippen LogP contribution in [0.25, 0.3) is 11.1 Å². The molecule has 2 aromatic carbocycles. The SMILES string of the molecule is Cc1cncc(-c2ccc([C@@]3(O)C[C@H](c4ccc(C#N)cc4F)n4cncc43)cc2)c1. The Morgan fingerprint density at radius 1 is 1.06 bits per heavy atom. The van der Waals surface area contributed by atoms with Crippen molar-refractivity contribution < 1.29 is 9.50 Å². The average Bonchev–Trinajstić information content (AvgIpc) is 3.37. The van der Waals surface area contributed by atoms with Crippen LogP contribution in [0.3, 0.4) is 0 Å². The van der Waals surface area contributed by atoms with E-state index in [2.05, 4.69) is 16.0 Å². The van der Waals surface area contributed by atoms with E-state index in [1.807, 2.05) is 54.2 Å². The van der Waals surface area contributed by atoms with E-state index in [1.54, 1.807) is 24.7 Å². The summed E-state index contributed by atoms with van der Waals surface area (Å²) in [7, 11) is 0. The van der Waals surface area contributed by atoms with E-state index in [-0.39, 0.29) is 12.0 Å². The Balaban J connectivity index is 1.53. The fourth-order valence-corrected chi connectivity index (χ4v) is 4.40. The van der Waals surface area contributed by atoms with Crippen LogP contribution in [0.2, 0.25) is 0 Å². The van der Waals surface area contributed by atoms with Gasteiger partial charge in [0.15, 0.2) is 0 Å². The summed E-state index contributed by atoms with van der Waals surface area (Å²) in [5.74, 6) is -0.463. The number of halogens is 1. The van der Waals surface area contributed by atoms with Crippen LogP contribution in [0, 0.1) is 24.1 Å². The fourth-order valence-electron chi connectivity index (χ4n) is 4.40. The minimum Gasteiger partial charge on any atom is -0.379 e. The number of aliphatic hydroxyl groups is 1. The molecule has 5 rings (SSSR count). The molecule has 152 valence electrons. The van der Waals surface area contributed by atoms with Crippen molar-refractivity contribution >= 4 is 0 Å². The van der Waals surface area contributed by atoms with Gasteiger partial charge in [0.05, 0.1) is 35.9 Å². The molecular weight excluding hydrogens is 391 g/mol. The van der Waals surface area contributed by atoms with Gasteiger partial charge >= 0.3 is 0 Å². The third-order valence-corrected chi connectivity index (χ3v) is 5.97. The number of aryl methyl sites for hydroxylation is 1. The van der Waals surface area contributed by atoms with Crippen LogP contribution in [0.5, 0.6) is 0 Å². The minimum atomic E-state index is -1.30. The van der Waals surface area contributed by atoms with Crippen molar-refractivity contribution in [2.75, 3.05) is 0 Å². The highest BCUT2D eigenvalue weighted by atomic mass is 19.1. The molecule has 0 fully saturated rings. The Morgan fingerprint density at radius 2 is 1.87 bits per heavy atom. The predicted molar refractivity (Wildman–Crippen MR) is 114 cm³/mol. The van der Waals surface area contributed by atoms with Gasteiger partial charge in [-0.3, -0.25) is 4.98 Å². The van der Waals surface area contributed by atoms with Gasteiger partial charge in [0.1, 0.15) is 11.4 Å². The number of nitriles is 1. The summed E-state index contributed by atoms with van der Waals surface area (Å²) in [6.07, 6.45) is 7.13. The molecule has 0 unspecified atom stereocenters. The normalized spacial score (nSPS) is 19.7. The summed E-state index contributed by atoms with van der Waals surface area (Å²) >= 11 is 0. The predicted octanol–water partition coefficient (Wildman–Crippen LogP) is 4.49. The molecule has 2 aromatic heterocycles.